The van der Waals surface area contributed by atoms with Gasteiger partial charge >= 0.3 is 5.63 Å². The number of fused-ring (bicyclic) bond motifs is 1. The molecule has 120 valence electrons. The van der Waals surface area contributed by atoms with E-state index in [1.165, 1.54) is 5.56 Å². The first-order chi connectivity index (χ1) is 10.4. The minimum absolute atomic E-state index is 0.224. The number of rotatable bonds is 6. The molecular formula is C18H25NO3. The van der Waals surface area contributed by atoms with Crippen LogP contribution >= 0.6 is 0 Å². The van der Waals surface area contributed by atoms with Crippen LogP contribution in [0.15, 0.2) is 27.4 Å². The molecule has 1 aromatic carbocycles. The van der Waals surface area contributed by atoms with Gasteiger partial charge in [-0.25, -0.2) is 4.79 Å². The third-order valence-corrected chi connectivity index (χ3v) is 3.90. The molecule has 0 aliphatic heterocycles. The molecule has 0 spiro atoms. The van der Waals surface area contributed by atoms with Crippen molar-refractivity contribution < 1.29 is 9.15 Å². The standard InChI is InChI=1S/C18H25NO3/c1-11(2)15-8-16-14(9-19-13(4)10-21-5)7-18(20)22-17(16)6-12(15)3/h6-8,11,13,19H,9-10H2,1-5H3. The van der Waals surface area contributed by atoms with Crippen molar-refractivity contribution in [2.75, 3.05) is 13.7 Å². The van der Waals surface area contributed by atoms with Crippen LogP contribution in [0.25, 0.3) is 11.0 Å². The zero-order valence-corrected chi connectivity index (χ0v) is 14.0. The molecule has 2 rings (SSSR count). The minimum Gasteiger partial charge on any atom is -0.423 e. The third-order valence-electron chi connectivity index (χ3n) is 3.90. The Morgan fingerprint density at radius 2 is 1.95 bits per heavy atom. The van der Waals surface area contributed by atoms with Crippen molar-refractivity contribution in [3.63, 3.8) is 0 Å². The van der Waals surface area contributed by atoms with Gasteiger partial charge in [0.05, 0.1) is 6.61 Å². The highest BCUT2D eigenvalue weighted by Gasteiger charge is 2.12. The van der Waals surface area contributed by atoms with Crippen LogP contribution in [0.1, 0.15) is 43.4 Å². The van der Waals surface area contributed by atoms with E-state index >= 15 is 0 Å². The van der Waals surface area contributed by atoms with Crippen molar-refractivity contribution in [2.45, 2.75) is 46.2 Å². The first-order valence-electron chi connectivity index (χ1n) is 7.72. The number of hydrogen-bond donors (Lipinski definition) is 1. The lowest BCUT2D eigenvalue weighted by molar-refractivity contribution is 0.171. The van der Waals surface area contributed by atoms with E-state index in [2.05, 4.69) is 39.1 Å². The highest BCUT2D eigenvalue weighted by atomic mass is 16.5. The zero-order valence-electron chi connectivity index (χ0n) is 14.0. The second-order valence-electron chi connectivity index (χ2n) is 6.19. The Kier molecular flexibility index (Phi) is 5.37. The Bertz CT molecular complexity index is 703. The predicted octanol–water partition coefficient (Wildman–Crippen LogP) is 3.35. The number of aryl methyl sites for hydroxylation is 1. The number of ether oxygens (including phenoxy) is 1. The van der Waals surface area contributed by atoms with Crippen LogP contribution < -0.4 is 10.9 Å². The number of nitrogens with one attached hydrogen (secondary N) is 1. The lowest BCUT2D eigenvalue weighted by Gasteiger charge is -2.15. The molecule has 0 amide bonds. The summed E-state index contributed by atoms with van der Waals surface area (Å²) in [5.74, 6) is 0.435. The largest absolute Gasteiger partial charge is 0.423 e. The molecule has 0 saturated heterocycles. The molecule has 1 N–H and O–H groups in total. The maximum atomic E-state index is 11.8. The van der Waals surface area contributed by atoms with Gasteiger partial charge in [-0.2, -0.15) is 0 Å². The monoisotopic (exact) mass is 303 g/mol. The summed E-state index contributed by atoms with van der Waals surface area (Å²) in [5.41, 5.74) is 3.76. The second-order valence-corrected chi connectivity index (χ2v) is 6.19. The van der Waals surface area contributed by atoms with Crippen molar-refractivity contribution in [2.24, 2.45) is 0 Å². The second kappa shape index (κ2) is 7.07. The van der Waals surface area contributed by atoms with Gasteiger partial charge in [0, 0.05) is 31.1 Å². The normalized spacial score (nSPS) is 13.0. The SMILES string of the molecule is COCC(C)NCc1cc(=O)oc2cc(C)c(C(C)C)cc12. The van der Waals surface area contributed by atoms with Crippen molar-refractivity contribution in [1.29, 1.82) is 0 Å². The Hall–Kier alpha value is -1.65. The van der Waals surface area contributed by atoms with E-state index in [0.29, 0.717) is 24.7 Å². The molecule has 4 heteroatoms. The summed E-state index contributed by atoms with van der Waals surface area (Å²) < 4.78 is 10.5. The molecule has 0 aliphatic rings. The van der Waals surface area contributed by atoms with Crippen molar-refractivity contribution in [1.82, 2.24) is 5.32 Å². The van der Waals surface area contributed by atoms with E-state index in [-0.39, 0.29) is 11.7 Å². The summed E-state index contributed by atoms with van der Waals surface area (Å²) in [6, 6.07) is 5.92. The smallest absolute Gasteiger partial charge is 0.336 e. The third kappa shape index (κ3) is 3.76. The molecular weight excluding hydrogens is 278 g/mol. The molecule has 4 nitrogen and oxygen atoms in total. The van der Waals surface area contributed by atoms with Gasteiger partial charge in [0.2, 0.25) is 0 Å². The van der Waals surface area contributed by atoms with Gasteiger partial charge in [0.15, 0.2) is 0 Å². The van der Waals surface area contributed by atoms with Crippen LogP contribution in [-0.2, 0) is 11.3 Å². The van der Waals surface area contributed by atoms with Crippen molar-refractivity contribution in [3.05, 3.63) is 45.3 Å². The van der Waals surface area contributed by atoms with Gasteiger partial charge in [0.25, 0.3) is 0 Å². The van der Waals surface area contributed by atoms with Crippen molar-refractivity contribution >= 4 is 11.0 Å². The molecule has 0 bridgehead atoms. The maximum absolute atomic E-state index is 11.8. The van der Waals surface area contributed by atoms with E-state index in [9.17, 15) is 4.79 Å². The summed E-state index contributed by atoms with van der Waals surface area (Å²) in [6.45, 7) is 9.71. The van der Waals surface area contributed by atoms with E-state index in [4.69, 9.17) is 9.15 Å². The van der Waals surface area contributed by atoms with Gasteiger partial charge in [-0.15, -0.1) is 0 Å². The number of methoxy groups -OCH3 is 1. The minimum atomic E-state index is -0.305. The highest BCUT2D eigenvalue weighted by molar-refractivity contribution is 5.82. The molecule has 2 aromatic rings. The molecule has 0 aliphatic carbocycles. The van der Waals surface area contributed by atoms with Crippen LogP contribution in [0.2, 0.25) is 0 Å². The fraction of sp³-hybridized carbons (Fsp3) is 0.500. The Morgan fingerprint density at radius 3 is 2.59 bits per heavy atom. The topological polar surface area (TPSA) is 51.5 Å². The highest BCUT2D eigenvalue weighted by Crippen LogP contribution is 2.26. The summed E-state index contributed by atoms with van der Waals surface area (Å²) >= 11 is 0. The first-order valence-corrected chi connectivity index (χ1v) is 7.72. The van der Waals surface area contributed by atoms with Crippen LogP contribution in [0.4, 0.5) is 0 Å². The molecule has 1 aromatic heterocycles. The van der Waals surface area contributed by atoms with E-state index in [0.717, 1.165) is 16.5 Å². The van der Waals surface area contributed by atoms with E-state index in [1.807, 2.05) is 6.07 Å². The molecule has 1 heterocycles. The lowest BCUT2D eigenvalue weighted by Crippen LogP contribution is -2.29. The summed E-state index contributed by atoms with van der Waals surface area (Å²) in [5, 5.41) is 4.38. The summed E-state index contributed by atoms with van der Waals surface area (Å²) in [6.07, 6.45) is 0. The van der Waals surface area contributed by atoms with Gasteiger partial charge in [-0.05, 0) is 48.6 Å². The molecule has 0 radical (unpaired) electrons. The quantitative estimate of drug-likeness (QED) is 0.832. The van der Waals surface area contributed by atoms with Gasteiger partial charge in [0.1, 0.15) is 5.58 Å². The summed E-state index contributed by atoms with van der Waals surface area (Å²) in [4.78, 5) is 11.8. The van der Waals surface area contributed by atoms with Crippen LogP contribution in [0.5, 0.6) is 0 Å². The average Bonchev–Trinajstić information content (AvgIpc) is 2.43. The number of hydrogen-bond acceptors (Lipinski definition) is 4. The van der Waals surface area contributed by atoms with E-state index < -0.39 is 0 Å². The fourth-order valence-electron chi connectivity index (χ4n) is 2.75. The fourth-order valence-corrected chi connectivity index (χ4v) is 2.75. The average molecular weight is 303 g/mol. The zero-order chi connectivity index (χ0) is 16.3. The van der Waals surface area contributed by atoms with Crippen LogP contribution in [0, 0.1) is 6.92 Å². The summed E-state index contributed by atoms with van der Waals surface area (Å²) in [7, 11) is 1.68. The molecule has 1 unspecified atom stereocenters. The number of benzene rings is 1. The Labute approximate surface area is 131 Å². The van der Waals surface area contributed by atoms with Gasteiger partial charge in [-0.3, -0.25) is 0 Å². The molecule has 22 heavy (non-hydrogen) atoms. The Balaban J connectivity index is 2.43. The molecule has 0 fully saturated rings. The van der Waals surface area contributed by atoms with Gasteiger partial charge < -0.3 is 14.5 Å². The molecule has 0 saturated carbocycles. The van der Waals surface area contributed by atoms with Crippen molar-refractivity contribution in [3.8, 4) is 0 Å². The van der Waals surface area contributed by atoms with Crippen LogP contribution in [0.3, 0.4) is 0 Å². The first kappa shape index (κ1) is 16.7. The predicted molar refractivity (Wildman–Crippen MR) is 89.5 cm³/mol. The maximum Gasteiger partial charge on any atom is 0.336 e. The Morgan fingerprint density at radius 1 is 1.23 bits per heavy atom. The molecule has 1 atom stereocenters. The van der Waals surface area contributed by atoms with Gasteiger partial charge in [-0.1, -0.05) is 13.8 Å². The van der Waals surface area contributed by atoms with E-state index in [1.54, 1.807) is 13.2 Å². The van der Waals surface area contributed by atoms with Crippen LogP contribution in [-0.4, -0.2) is 19.8 Å². The lowest BCUT2D eigenvalue weighted by atomic mass is 9.95.